The van der Waals surface area contributed by atoms with Gasteiger partial charge in [0.2, 0.25) is 6.41 Å². The van der Waals surface area contributed by atoms with E-state index >= 15 is 0 Å². The largest absolute Gasteiger partial charge is 0.358 e. The maximum Gasteiger partial charge on any atom is 0.207 e. The van der Waals surface area contributed by atoms with E-state index in [1.54, 1.807) is 0 Å². The van der Waals surface area contributed by atoms with Crippen LogP contribution in [0.1, 0.15) is 52.4 Å². The molecule has 0 aliphatic carbocycles. The Morgan fingerprint density at radius 3 is 2.54 bits per heavy atom. The van der Waals surface area contributed by atoms with Gasteiger partial charge in [-0.3, -0.25) is 4.79 Å². The number of rotatable bonds is 9. The average molecular weight is 185 g/mol. The number of carbonyl (C=O) groups is 1. The van der Waals surface area contributed by atoms with Gasteiger partial charge in [0.25, 0.3) is 0 Å². The number of unbranched alkanes of at least 4 members (excludes halogenated alkanes) is 4. The minimum Gasteiger partial charge on any atom is -0.358 e. The van der Waals surface area contributed by atoms with Crippen molar-refractivity contribution in [2.45, 2.75) is 52.4 Å². The number of carbonyl (C=O) groups excluding carboxylic acids is 1. The van der Waals surface area contributed by atoms with Crippen LogP contribution in [-0.4, -0.2) is 13.0 Å². The predicted molar refractivity (Wildman–Crippen MR) is 56.6 cm³/mol. The van der Waals surface area contributed by atoms with E-state index in [0.29, 0.717) is 5.92 Å². The van der Waals surface area contributed by atoms with Gasteiger partial charge >= 0.3 is 0 Å². The van der Waals surface area contributed by atoms with E-state index in [4.69, 9.17) is 0 Å². The molecular weight excluding hydrogens is 162 g/mol. The average Bonchev–Trinajstić information content (AvgIpc) is 2.14. The molecule has 0 rings (SSSR count). The highest BCUT2D eigenvalue weighted by atomic mass is 16.1. The molecule has 0 aliphatic rings. The molecule has 0 aliphatic heterocycles. The Kier molecular flexibility index (Phi) is 9.17. The topological polar surface area (TPSA) is 29.1 Å². The summed E-state index contributed by atoms with van der Waals surface area (Å²) in [4.78, 5) is 10.0. The van der Waals surface area contributed by atoms with Crippen molar-refractivity contribution in [3.63, 3.8) is 0 Å². The molecule has 0 bridgehead atoms. The summed E-state index contributed by atoms with van der Waals surface area (Å²) in [6.07, 6.45) is 8.71. The molecule has 0 saturated carbocycles. The highest BCUT2D eigenvalue weighted by molar-refractivity contribution is 5.45. The zero-order chi connectivity index (χ0) is 9.94. The van der Waals surface area contributed by atoms with Crippen LogP contribution in [0.4, 0.5) is 0 Å². The highest BCUT2D eigenvalue weighted by Gasteiger charge is 1.99. The first-order valence-electron chi connectivity index (χ1n) is 5.48. The minimum absolute atomic E-state index is 0.631. The van der Waals surface area contributed by atoms with E-state index in [1.807, 2.05) is 0 Å². The van der Waals surface area contributed by atoms with E-state index < -0.39 is 0 Å². The summed E-state index contributed by atoms with van der Waals surface area (Å²) in [5.41, 5.74) is 0. The third-order valence-electron chi connectivity index (χ3n) is 2.35. The van der Waals surface area contributed by atoms with Gasteiger partial charge in [-0.15, -0.1) is 0 Å². The molecule has 1 N–H and O–H groups in total. The smallest absolute Gasteiger partial charge is 0.207 e. The summed E-state index contributed by atoms with van der Waals surface area (Å²) in [5.74, 6) is 0.631. The molecule has 0 fully saturated rings. The summed E-state index contributed by atoms with van der Waals surface area (Å²) >= 11 is 0. The minimum atomic E-state index is 0.631. The van der Waals surface area contributed by atoms with Gasteiger partial charge in [-0.2, -0.15) is 0 Å². The lowest BCUT2D eigenvalue weighted by atomic mass is 10.0. The molecular formula is C11H23NO. The van der Waals surface area contributed by atoms with Crippen LogP contribution in [0, 0.1) is 5.92 Å². The molecule has 2 heteroatoms. The number of hydrogen-bond acceptors (Lipinski definition) is 1. The third-order valence-corrected chi connectivity index (χ3v) is 2.35. The molecule has 0 aromatic carbocycles. The van der Waals surface area contributed by atoms with E-state index in [0.717, 1.165) is 13.0 Å². The lowest BCUT2D eigenvalue weighted by molar-refractivity contribution is -0.109. The molecule has 0 heterocycles. The van der Waals surface area contributed by atoms with Crippen molar-refractivity contribution in [3.8, 4) is 0 Å². The van der Waals surface area contributed by atoms with Crippen molar-refractivity contribution in [2.24, 2.45) is 5.92 Å². The van der Waals surface area contributed by atoms with Crippen molar-refractivity contribution in [3.05, 3.63) is 0 Å². The van der Waals surface area contributed by atoms with Crippen molar-refractivity contribution in [1.29, 1.82) is 0 Å². The van der Waals surface area contributed by atoms with Crippen molar-refractivity contribution in [1.82, 2.24) is 5.32 Å². The molecule has 13 heavy (non-hydrogen) atoms. The Hall–Kier alpha value is -0.530. The van der Waals surface area contributed by atoms with Gasteiger partial charge < -0.3 is 5.32 Å². The molecule has 0 saturated heterocycles. The van der Waals surface area contributed by atoms with E-state index in [1.165, 1.54) is 38.5 Å². The van der Waals surface area contributed by atoms with Gasteiger partial charge in [0.05, 0.1) is 0 Å². The quantitative estimate of drug-likeness (QED) is 0.434. The van der Waals surface area contributed by atoms with E-state index in [-0.39, 0.29) is 0 Å². The van der Waals surface area contributed by atoms with Crippen LogP contribution in [0.15, 0.2) is 0 Å². The number of hydrogen-bond donors (Lipinski definition) is 1. The maximum atomic E-state index is 10.0. The van der Waals surface area contributed by atoms with Crippen molar-refractivity contribution >= 4 is 6.41 Å². The normalized spacial score (nSPS) is 12.5. The van der Waals surface area contributed by atoms with Crippen LogP contribution in [0.2, 0.25) is 0 Å². The maximum absolute atomic E-state index is 10.0. The molecule has 1 unspecified atom stereocenters. The first-order chi connectivity index (χ1) is 6.31. The Morgan fingerprint density at radius 1 is 1.23 bits per heavy atom. The standard InChI is InChI=1S/C11H23NO/c1-3-4-5-6-7-8-11(2)9-12-10-13/h10-11H,3-9H2,1-2H3,(H,12,13). The molecule has 2 nitrogen and oxygen atoms in total. The molecule has 78 valence electrons. The Labute approximate surface area is 82.1 Å². The fraction of sp³-hybridized carbons (Fsp3) is 0.909. The fourth-order valence-corrected chi connectivity index (χ4v) is 1.45. The summed E-state index contributed by atoms with van der Waals surface area (Å²) in [6, 6.07) is 0. The van der Waals surface area contributed by atoms with Crippen LogP contribution in [0.5, 0.6) is 0 Å². The molecule has 0 aromatic heterocycles. The fourth-order valence-electron chi connectivity index (χ4n) is 1.45. The number of nitrogens with one attached hydrogen (secondary N) is 1. The van der Waals surface area contributed by atoms with Crippen molar-refractivity contribution in [2.75, 3.05) is 6.54 Å². The second-order valence-corrected chi connectivity index (χ2v) is 3.83. The molecule has 0 spiro atoms. The van der Waals surface area contributed by atoms with Crippen LogP contribution in [0.25, 0.3) is 0 Å². The molecule has 0 aromatic rings. The summed E-state index contributed by atoms with van der Waals surface area (Å²) in [7, 11) is 0. The SMILES string of the molecule is CCCCCCCC(C)CNC=O. The van der Waals surface area contributed by atoms with Crippen molar-refractivity contribution < 1.29 is 4.79 Å². The van der Waals surface area contributed by atoms with Gasteiger partial charge in [-0.25, -0.2) is 0 Å². The first-order valence-corrected chi connectivity index (χ1v) is 5.48. The van der Waals surface area contributed by atoms with E-state index in [9.17, 15) is 4.79 Å². The number of amides is 1. The predicted octanol–water partition coefficient (Wildman–Crippen LogP) is 2.73. The van der Waals surface area contributed by atoms with Gasteiger partial charge in [-0.05, 0) is 12.3 Å². The lowest BCUT2D eigenvalue weighted by Crippen LogP contribution is -2.19. The van der Waals surface area contributed by atoms with Crippen LogP contribution < -0.4 is 5.32 Å². The Morgan fingerprint density at radius 2 is 1.92 bits per heavy atom. The van der Waals surface area contributed by atoms with Gasteiger partial charge in [0.1, 0.15) is 0 Å². The summed E-state index contributed by atoms with van der Waals surface area (Å²) in [6.45, 7) is 5.25. The Balaban J connectivity index is 3.07. The molecule has 1 atom stereocenters. The lowest BCUT2D eigenvalue weighted by Gasteiger charge is -2.09. The zero-order valence-corrected chi connectivity index (χ0v) is 9.01. The molecule has 0 radical (unpaired) electrons. The third kappa shape index (κ3) is 9.38. The zero-order valence-electron chi connectivity index (χ0n) is 9.01. The second-order valence-electron chi connectivity index (χ2n) is 3.83. The van der Waals surface area contributed by atoms with Gasteiger partial charge in [-0.1, -0.05) is 46.0 Å². The monoisotopic (exact) mass is 185 g/mol. The highest BCUT2D eigenvalue weighted by Crippen LogP contribution is 2.10. The van der Waals surface area contributed by atoms with Crippen LogP contribution >= 0.6 is 0 Å². The molecule has 1 amide bonds. The van der Waals surface area contributed by atoms with Gasteiger partial charge in [0.15, 0.2) is 0 Å². The Bertz CT molecular complexity index is 115. The summed E-state index contributed by atoms with van der Waals surface area (Å²) in [5, 5.41) is 2.72. The van der Waals surface area contributed by atoms with Crippen LogP contribution in [0.3, 0.4) is 0 Å². The van der Waals surface area contributed by atoms with Gasteiger partial charge in [0, 0.05) is 6.54 Å². The summed E-state index contributed by atoms with van der Waals surface area (Å²) < 4.78 is 0. The van der Waals surface area contributed by atoms with E-state index in [2.05, 4.69) is 19.2 Å². The van der Waals surface area contributed by atoms with Crippen LogP contribution in [-0.2, 0) is 4.79 Å². The first kappa shape index (κ1) is 12.5. The second kappa shape index (κ2) is 9.56.